The molecule has 2 heterocycles. The van der Waals surface area contributed by atoms with Crippen molar-refractivity contribution in [3.8, 4) is 0 Å². The number of nitrogens with zero attached hydrogens (tertiary/aromatic N) is 3. The van der Waals surface area contributed by atoms with Gasteiger partial charge in [-0.15, -0.1) is 0 Å². The molecule has 1 aliphatic heterocycles. The molecule has 0 spiro atoms. The van der Waals surface area contributed by atoms with Crippen LogP contribution in [0.4, 0.5) is 5.69 Å². The van der Waals surface area contributed by atoms with Gasteiger partial charge in [-0.3, -0.25) is 14.7 Å². The number of carbonyl (C=O) groups excluding carboxylic acids is 1. The van der Waals surface area contributed by atoms with E-state index in [1.807, 2.05) is 26.0 Å². The van der Waals surface area contributed by atoms with Gasteiger partial charge in [-0.1, -0.05) is 18.2 Å². The van der Waals surface area contributed by atoms with Gasteiger partial charge >= 0.3 is 0 Å². The van der Waals surface area contributed by atoms with Gasteiger partial charge in [0.15, 0.2) is 5.17 Å². The first-order chi connectivity index (χ1) is 12.0. The third kappa shape index (κ3) is 3.51. The fraction of sp³-hybridized carbons (Fsp3) is 0.250. The molecule has 0 bridgehead atoms. The molecule has 0 aliphatic carbocycles. The Morgan fingerprint density at radius 2 is 2.04 bits per heavy atom. The van der Waals surface area contributed by atoms with Crippen molar-refractivity contribution in [2.75, 3.05) is 6.54 Å². The Bertz CT molecular complexity index is 872. The molecule has 0 unspecified atom stereocenters. The summed E-state index contributed by atoms with van der Waals surface area (Å²) < 4.78 is 0. The second kappa shape index (κ2) is 7.23. The van der Waals surface area contributed by atoms with Crippen LogP contribution in [0.3, 0.4) is 0 Å². The number of aromatic nitrogens is 1. The van der Waals surface area contributed by atoms with Gasteiger partial charge in [-0.05, 0) is 73.9 Å². The Kier molecular flexibility index (Phi) is 5.04. The lowest BCUT2D eigenvalue weighted by molar-refractivity contribution is -0.122. The van der Waals surface area contributed by atoms with E-state index in [4.69, 9.17) is 0 Å². The Morgan fingerprint density at radius 3 is 2.68 bits per heavy atom. The quantitative estimate of drug-likeness (QED) is 0.752. The number of allylic oxidation sites excluding steroid dienone is 1. The summed E-state index contributed by atoms with van der Waals surface area (Å²) in [5, 5.41) is 0.707. The van der Waals surface area contributed by atoms with Crippen molar-refractivity contribution >= 4 is 34.1 Å². The summed E-state index contributed by atoms with van der Waals surface area (Å²) in [4.78, 5) is 24.0. The summed E-state index contributed by atoms with van der Waals surface area (Å²) in [7, 11) is 0. The first kappa shape index (κ1) is 17.4. The first-order valence-corrected chi connectivity index (χ1v) is 9.10. The summed E-state index contributed by atoms with van der Waals surface area (Å²) >= 11 is 1.44. The number of benzene rings is 1. The van der Waals surface area contributed by atoms with Crippen LogP contribution in [0.25, 0.3) is 5.57 Å². The third-order valence-corrected chi connectivity index (χ3v) is 5.51. The minimum atomic E-state index is 0.0193. The number of amidine groups is 1. The highest BCUT2D eigenvalue weighted by molar-refractivity contribution is 8.18. The summed E-state index contributed by atoms with van der Waals surface area (Å²) in [5.41, 5.74) is 5.30. The Hall–Kier alpha value is -2.40. The third-order valence-electron chi connectivity index (χ3n) is 4.33. The molecule has 0 atom stereocenters. The molecule has 0 N–H and O–H groups in total. The lowest BCUT2D eigenvalue weighted by Crippen LogP contribution is -2.28. The van der Waals surface area contributed by atoms with E-state index >= 15 is 0 Å². The number of pyridine rings is 1. The molecule has 5 heteroatoms. The molecule has 1 aromatic carbocycles. The Balaban J connectivity index is 2.01. The van der Waals surface area contributed by atoms with Crippen LogP contribution in [0, 0.1) is 13.8 Å². The molecule has 1 fully saturated rings. The van der Waals surface area contributed by atoms with Crippen molar-refractivity contribution in [3.63, 3.8) is 0 Å². The normalized spacial score (nSPS) is 18.2. The number of likely N-dealkylation sites (N-methyl/N-ethyl adjacent to an activating group) is 1. The molecule has 1 aliphatic rings. The molecular weight excluding hydrogens is 330 g/mol. The van der Waals surface area contributed by atoms with Crippen LogP contribution in [0.1, 0.15) is 30.5 Å². The molecular formula is C20H21N3OS. The van der Waals surface area contributed by atoms with Gasteiger partial charge in [0.25, 0.3) is 5.91 Å². The zero-order valence-corrected chi connectivity index (χ0v) is 15.7. The summed E-state index contributed by atoms with van der Waals surface area (Å²) in [6.45, 7) is 8.74. The number of hydrogen-bond donors (Lipinski definition) is 0. The maximum atomic E-state index is 12.9. The minimum Gasteiger partial charge on any atom is -0.287 e. The van der Waals surface area contributed by atoms with Gasteiger partial charge < -0.3 is 0 Å². The van der Waals surface area contributed by atoms with Crippen LogP contribution in [-0.2, 0) is 4.79 Å². The van der Waals surface area contributed by atoms with Gasteiger partial charge in [-0.25, -0.2) is 4.99 Å². The number of hydrogen-bond acceptors (Lipinski definition) is 4. The highest BCUT2D eigenvalue weighted by Crippen LogP contribution is 2.37. The monoisotopic (exact) mass is 351 g/mol. The SMILES string of the molecule is CCN1C(=O)/C(=C(\C)c2ccc(C)c(C)c2)SC1=Nc1cccnc1. The largest absolute Gasteiger partial charge is 0.287 e. The standard InChI is InChI=1S/C20H21N3OS/c1-5-23-19(24)18(15(4)16-9-8-13(2)14(3)11-16)25-20(23)22-17-7-6-10-21-12-17/h6-12H,5H2,1-4H3/b18-15-,22-20?. The van der Waals surface area contributed by atoms with E-state index in [0.29, 0.717) is 11.7 Å². The zero-order valence-electron chi connectivity index (χ0n) is 14.9. The smallest absolute Gasteiger partial charge is 0.267 e. The lowest BCUT2D eigenvalue weighted by Gasteiger charge is -2.12. The topological polar surface area (TPSA) is 45.6 Å². The van der Waals surface area contributed by atoms with E-state index in [2.05, 4.69) is 42.0 Å². The molecule has 1 amide bonds. The summed E-state index contributed by atoms with van der Waals surface area (Å²) in [5.74, 6) is 0.0193. The average Bonchev–Trinajstić information content (AvgIpc) is 2.93. The van der Waals surface area contributed by atoms with Crippen LogP contribution in [0.15, 0.2) is 52.6 Å². The second-order valence-corrected chi connectivity index (χ2v) is 6.99. The lowest BCUT2D eigenvalue weighted by atomic mass is 10.0. The van der Waals surface area contributed by atoms with Crippen molar-refractivity contribution in [2.24, 2.45) is 4.99 Å². The predicted molar refractivity (Wildman–Crippen MR) is 105 cm³/mol. The van der Waals surface area contributed by atoms with Gasteiger partial charge in [-0.2, -0.15) is 0 Å². The molecule has 25 heavy (non-hydrogen) atoms. The molecule has 1 aromatic heterocycles. The van der Waals surface area contributed by atoms with Crippen molar-refractivity contribution in [2.45, 2.75) is 27.7 Å². The average molecular weight is 351 g/mol. The van der Waals surface area contributed by atoms with E-state index in [9.17, 15) is 4.79 Å². The molecule has 128 valence electrons. The van der Waals surface area contributed by atoms with Crippen molar-refractivity contribution in [1.82, 2.24) is 9.88 Å². The van der Waals surface area contributed by atoms with Crippen LogP contribution < -0.4 is 0 Å². The van der Waals surface area contributed by atoms with Crippen LogP contribution >= 0.6 is 11.8 Å². The Morgan fingerprint density at radius 1 is 1.24 bits per heavy atom. The van der Waals surface area contributed by atoms with E-state index in [-0.39, 0.29) is 5.91 Å². The summed E-state index contributed by atoms with van der Waals surface area (Å²) in [6, 6.07) is 10.0. The van der Waals surface area contributed by atoms with Crippen molar-refractivity contribution < 1.29 is 4.79 Å². The highest BCUT2D eigenvalue weighted by atomic mass is 32.2. The second-order valence-electron chi connectivity index (χ2n) is 6.01. The van der Waals surface area contributed by atoms with E-state index in [1.54, 1.807) is 17.3 Å². The number of rotatable bonds is 3. The summed E-state index contributed by atoms with van der Waals surface area (Å²) in [6.07, 6.45) is 3.41. The number of aliphatic imine (C=N–C) groups is 1. The fourth-order valence-electron chi connectivity index (χ4n) is 2.63. The molecule has 2 aromatic rings. The van der Waals surface area contributed by atoms with Crippen LogP contribution in [-0.4, -0.2) is 27.5 Å². The van der Waals surface area contributed by atoms with E-state index in [0.717, 1.165) is 21.7 Å². The van der Waals surface area contributed by atoms with E-state index < -0.39 is 0 Å². The molecule has 4 nitrogen and oxygen atoms in total. The number of thioether (sulfide) groups is 1. The molecule has 3 rings (SSSR count). The van der Waals surface area contributed by atoms with Gasteiger partial charge in [0.2, 0.25) is 0 Å². The number of aryl methyl sites for hydroxylation is 2. The first-order valence-electron chi connectivity index (χ1n) is 8.28. The van der Waals surface area contributed by atoms with Gasteiger partial charge in [0.05, 0.1) is 16.8 Å². The molecule has 0 saturated carbocycles. The van der Waals surface area contributed by atoms with Gasteiger partial charge in [0.1, 0.15) is 0 Å². The predicted octanol–water partition coefficient (Wildman–Crippen LogP) is 4.71. The molecule has 0 radical (unpaired) electrons. The number of carbonyl (C=O) groups is 1. The maximum Gasteiger partial charge on any atom is 0.267 e. The van der Waals surface area contributed by atoms with Crippen molar-refractivity contribution in [3.05, 3.63) is 64.3 Å². The molecule has 1 saturated heterocycles. The zero-order chi connectivity index (χ0) is 18.0. The van der Waals surface area contributed by atoms with Crippen LogP contribution in [0.5, 0.6) is 0 Å². The fourth-order valence-corrected chi connectivity index (χ4v) is 3.76. The maximum absolute atomic E-state index is 12.9. The van der Waals surface area contributed by atoms with E-state index in [1.165, 1.54) is 22.9 Å². The number of amides is 1. The van der Waals surface area contributed by atoms with Crippen molar-refractivity contribution in [1.29, 1.82) is 0 Å². The van der Waals surface area contributed by atoms with Crippen LogP contribution in [0.2, 0.25) is 0 Å². The Labute approximate surface area is 152 Å². The van der Waals surface area contributed by atoms with Gasteiger partial charge in [0, 0.05) is 12.7 Å². The minimum absolute atomic E-state index is 0.0193. The highest BCUT2D eigenvalue weighted by Gasteiger charge is 2.34.